The molecule has 0 aromatic heterocycles. The van der Waals surface area contributed by atoms with Gasteiger partial charge in [0, 0.05) is 5.92 Å². The van der Waals surface area contributed by atoms with E-state index in [4.69, 9.17) is 0 Å². The van der Waals surface area contributed by atoms with Gasteiger partial charge in [0.25, 0.3) is 0 Å². The van der Waals surface area contributed by atoms with Crippen LogP contribution in [0, 0.1) is 11.3 Å². The van der Waals surface area contributed by atoms with E-state index in [-0.39, 0.29) is 0 Å². The second-order valence-electron chi connectivity index (χ2n) is 6.04. The molecule has 0 radical (unpaired) electrons. The van der Waals surface area contributed by atoms with Crippen LogP contribution >= 0.6 is 0 Å². The highest BCUT2D eigenvalue weighted by Crippen LogP contribution is 2.39. The molecule has 0 spiro atoms. The zero-order valence-electron chi connectivity index (χ0n) is 11.4. The third-order valence-corrected chi connectivity index (χ3v) is 4.01. The fourth-order valence-corrected chi connectivity index (χ4v) is 2.72. The van der Waals surface area contributed by atoms with E-state index in [1.807, 2.05) is 50.3 Å². The molecule has 0 saturated heterocycles. The Bertz CT molecular complexity index is 439. The molecular formula is C16H22O3. The van der Waals surface area contributed by atoms with Gasteiger partial charge < -0.3 is 15.3 Å². The van der Waals surface area contributed by atoms with Gasteiger partial charge in [0.2, 0.25) is 0 Å². The number of rotatable bonds is 2. The molecule has 1 saturated carbocycles. The van der Waals surface area contributed by atoms with E-state index in [0.29, 0.717) is 6.42 Å². The molecule has 4 unspecified atom stereocenters. The first-order valence-corrected chi connectivity index (χ1v) is 6.69. The van der Waals surface area contributed by atoms with Gasteiger partial charge in [0.1, 0.15) is 0 Å². The van der Waals surface area contributed by atoms with Crippen LogP contribution in [0.3, 0.4) is 0 Å². The molecule has 1 aromatic carbocycles. The summed E-state index contributed by atoms with van der Waals surface area (Å²) >= 11 is 0. The van der Waals surface area contributed by atoms with E-state index in [9.17, 15) is 15.3 Å². The van der Waals surface area contributed by atoms with Crippen LogP contribution in [-0.4, -0.2) is 33.6 Å². The Kier molecular flexibility index (Phi) is 4.09. The normalized spacial score (nSPS) is 34.6. The number of hydrogen-bond donors (Lipinski definition) is 3. The van der Waals surface area contributed by atoms with Gasteiger partial charge in [-0.2, -0.15) is 0 Å². The maximum absolute atomic E-state index is 10.2. The molecule has 0 amide bonds. The first-order valence-electron chi connectivity index (χ1n) is 6.69. The average Bonchev–Trinajstić information content (AvgIpc) is 2.37. The van der Waals surface area contributed by atoms with Crippen LogP contribution in [0.2, 0.25) is 0 Å². The van der Waals surface area contributed by atoms with Crippen LogP contribution in [0.5, 0.6) is 0 Å². The van der Waals surface area contributed by atoms with Gasteiger partial charge in [-0.3, -0.25) is 0 Å². The Balaban J connectivity index is 2.14. The minimum absolute atomic E-state index is 0.428. The Morgan fingerprint density at radius 1 is 1.11 bits per heavy atom. The molecule has 3 N–H and O–H groups in total. The van der Waals surface area contributed by atoms with Gasteiger partial charge in [0.05, 0.1) is 18.3 Å². The minimum atomic E-state index is -0.932. The SMILES string of the molecule is CC1(C)CC(O)C(/C=C/c2ccccc2)C(O)C1O. The van der Waals surface area contributed by atoms with Crippen molar-refractivity contribution in [2.75, 3.05) is 0 Å². The van der Waals surface area contributed by atoms with Crippen molar-refractivity contribution in [3.63, 3.8) is 0 Å². The smallest absolute Gasteiger partial charge is 0.0891 e. The van der Waals surface area contributed by atoms with Crippen molar-refractivity contribution in [2.24, 2.45) is 11.3 Å². The minimum Gasteiger partial charge on any atom is -0.392 e. The predicted molar refractivity (Wildman–Crippen MR) is 75.4 cm³/mol. The molecule has 0 heterocycles. The molecule has 4 atom stereocenters. The van der Waals surface area contributed by atoms with Crippen molar-refractivity contribution in [3.8, 4) is 0 Å². The summed E-state index contributed by atoms with van der Waals surface area (Å²) in [7, 11) is 0. The number of aliphatic hydroxyl groups excluding tert-OH is 3. The molecule has 2 rings (SSSR count). The zero-order chi connectivity index (χ0) is 14.0. The van der Waals surface area contributed by atoms with Gasteiger partial charge in [-0.05, 0) is 17.4 Å². The summed E-state index contributed by atoms with van der Waals surface area (Å²) in [5.74, 6) is -0.428. The maximum atomic E-state index is 10.2. The zero-order valence-corrected chi connectivity index (χ0v) is 11.4. The highest BCUT2D eigenvalue weighted by molar-refractivity contribution is 5.49. The van der Waals surface area contributed by atoms with Crippen molar-refractivity contribution >= 4 is 6.08 Å². The van der Waals surface area contributed by atoms with Gasteiger partial charge in [0.15, 0.2) is 0 Å². The van der Waals surface area contributed by atoms with E-state index in [1.54, 1.807) is 6.08 Å². The first kappa shape index (κ1) is 14.3. The van der Waals surface area contributed by atoms with Crippen molar-refractivity contribution < 1.29 is 15.3 Å². The summed E-state index contributed by atoms with van der Waals surface area (Å²) in [5.41, 5.74) is 0.553. The molecular weight excluding hydrogens is 240 g/mol. The van der Waals surface area contributed by atoms with Crippen LogP contribution in [0.1, 0.15) is 25.8 Å². The fraction of sp³-hybridized carbons (Fsp3) is 0.500. The summed E-state index contributed by atoms with van der Waals surface area (Å²) in [6.45, 7) is 3.72. The second-order valence-corrected chi connectivity index (χ2v) is 6.04. The van der Waals surface area contributed by atoms with Gasteiger partial charge in [-0.15, -0.1) is 0 Å². The topological polar surface area (TPSA) is 60.7 Å². The van der Waals surface area contributed by atoms with Crippen molar-refractivity contribution in [3.05, 3.63) is 42.0 Å². The number of benzene rings is 1. The van der Waals surface area contributed by atoms with Crippen LogP contribution in [-0.2, 0) is 0 Å². The molecule has 1 aliphatic rings. The van der Waals surface area contributed by atoms with Crippen LogP contribution in [0.25, 0.3) is 6.08 Å². The third kappa shape index (κ3) is 3.06. The lowest BCUT2D eigenvalue weighted by Crippen LogP contribution is -2.53. The summed E-state index contributed by atoms with van der Waals surface area (Å²) < 4.78 is 0. The summed E-state index contributed by atoms with van der Waals surface area (Å²) in [6, 6.07) is 9.72. The lowest BCUT2D eigenvalue weighted by molar-refractivity contribution is -0.139. The largest absolute Gasteiger partial charge is 0.392 e. The Morgan fingerprint density at radius 2 is 1.74 bits per heavy atom. The van der Waals surface area contributed by atoms with E-state index < -0.39 is 29.6 Å². The van der Waals surface area contributed by atoms with Gasteiger partial charge in [-0.25, -0.2) is 0 Å². The van der Waals surface area contributed by atoms with Crippen molar-refractivity contribution in [2.45, 2.75) is 38.6 Å². The predicted octanol–water partition coefficient (Wildman–Crippen LogP) is 1.83. The molecule has 3 nitrogen and oxygen atoms in total. The Hall–Kier alpha value is -1.16. The molecule has 1 aliphatic carbocycles. The Labute approximate surface area is 114 Å². The van der Waals surface area contributed by atoms with Gasteiger partial charge >= 0.3 is 0 Å². The van der Waals surface area contributed by atoms with Gasteiger partial charge in [-0.1, -0.05) is 56.3 Å². The summed E-state index contributed by atoms with van der Waals surface area (Å²) in [4.78, 5) is 0. The maximum Gasteiger partial charge on any atom is 0.0891 e. The summed E-state index contributed by atoms with van der Waals surface area (Å²) in [6.07, 6.45) is 1.77. The van der Waals surface area contributed by atoms with E-state index in [2.05, 4.69) is 0 Å². The fourth-order valence-electron chi connectivity index (χ4n) is 2.72. The van der Waals surface area contributed by atoms with Crippen LogP contribution in [0.15, 0.2) is 36.4 Å². The molecule has 1 fully saturated rings. The standard InChI is InChI=1S/C16H22O3/c1-16(2)10-13(17)12(14(18)15(16)19)9-8-11-6-4-3-5-7-11/h3-9,12-15,17-19H,10H2,1-2H3/b9-8+. The second kappa shape index (κ2) is 5.45. The highest BCUT2D eigenvalue weighted by Gasteiger charge is 2.45. The molecule has 1 aromatic rings. The molecule has 104 valence electrons. The highest BCUT2D eigenvalue weighted by atomic mass is 16.3. The van der Waals surface area contributed by atoms with E-state index in [1.165, 1.54) is 0 Å². The van der Waals surface area contributed by atoms with Crippen molar-refractivity contribution in [1.29, 1.82) is 0 Å². The first-order chi connectivity index (χ1) is 8.92. The van der Waals surface area contributed by atoms with Crippen LogP contribution < -0.4 is 0 Å². The summed E-state index contributed by atoms with van der Waals surface area (Å²) in [5, 5.41) is 30.4. The Morgan fingerprint density at radius 3 is 2.37 bits per heavy atom. The quantitative estimate of drug-likeness (QED) is 0.762. The lowest BCUT2D eigenvalue weighted by atomic mass is 9.67. The number of hydrogen-bond acceptors (Lipinski definition) is 3. The monoisotopic (exact) mass is 262 g/mol. The average molecular weight is 262 g/mol. The van der Waals surface area contributed by atoms with E-state index >= 15 is 0 Å². The van der Waals surface area contributed by atoms with Crippen molar-refractivity contribution in [1.82, 2.24) is 0 Å². The molecule has 0 bridgehead atoms. The third-order valence-electron chi connectivity index (χ3n) is 4.01. The van der Waals surface area contributed by atoms with Crippen LogP contribution in [0.4, 0.5) is 0 Å². The molecule has 3 heteroatoms. The number of aliphatic hydroxyl groups is 3. The molecule has 0 aliphatic heterocycles. The lowest BCUT2D eigenvalue weighted by Gasteiger charge is -2.44. The molecule has 19 heavy (non-hydrogen) atoms. The van der Waals surface area contributed by atoms with E-state index in [0.717, 1.165) is 5.56 Å².